The molecule has 6 heteroatoms. The third kappa shape index (κ3) is 3.79. The first-order valence-corrected chi connectivity index (χ1v) is 5.59. The van der Waals surface area contributed by atoms with E-state index in [0.717, 1.165) is 0 Å². The van der Waals surface area contributed by atoms with Crippen LogP contribution in [0, 0.1) is 10.1 Å². The zero-order valence-corrected chi connectivity index (χ0v) is 10.4. The normalized spacial score (nSPS) is 10.1. The lowest BCUT2D eigenvalue weighted by molar-refractivity contribution is -0.386. The summed E-state index contributed by atoms with van der Waals surface area (Å²) in [5, 5.41) is 10.7. The van der Waals surface area contributed by atoms with Crippen LogP contribution in [-0.4, -0.2) is 24.7 Å². The van der Waals surface area contributed by atoms with Gasteiger partial charge in [-0.15, -0.1) is 0 Å². The van der Waals surface area contributed by atoms with Crippen molar-refractivity contribution in [2.24, 2.45) is 0 Å². The molecule has 0 aromatic heterocycles. The van der Waals surface area contributed by atoms with Crippen LogP contribution >= 0.6 is 15.9 Å². The fourth-order valence-corrected chi connectivity index (χ4v) is 1.46. The quantitative estimate of drug-likeness (QED) is 0.459. The molecule has 0 N–H and O–H groups in total. The van der Waals surface area contributed by atoms with Crippen LogP contribution in [-0.2, 0) is 4.74 Å². The summed E-state index contributed by atoms with van der Waals surface area (Å²) in [7, 11) is 0. The Morgan fingerprint density at radius 3 is 2.81 bits per heavy atom. The molecule has 5 nitrogen and oxygen atoms in total. The summed E-state index contributed by atoms with van der Waals surface area (Å²) in [5.41, 5.74) is -0.0501. The molecule has 0 radical (unpaired) electrons. The first-order chi connectivity index (χ1) is 7.65. The van der Waals surface area contributed by atoms with E-state index in [1.807, 2.05) is 6.92 Å². The van der Waals surface area contributed by atoms with Gasteiger partial charge in [-0.25, -0.2) is 0 Å². The van der Waals surface area contributed by atoms with Crippen LogP contribution in [0.3, 0.4) is 0 Å². The maximum atomic E-state index is 10.7. The van der Waals surface area contributed by atoms with Crippen LogP contribution in [0.5, 0.6) is 5.75 Å². The van der Waals surface area contributed by atoms with Crippen LogP contribution in [0.25, 0.3) is 0 Å². The number of rotatable bonds is 6. The van der Waals surface area contributed by atoms with Gasteiger partial charge in [0.25, 0.3) is 0 Å². The summed E-state index contributed by atoms with van der Waals surface area (Å²) in [6.07, 6.45) is 0. The van der Waals surface area contributed by atoms with Crippen molar-refractivity contribution in [1.29, 1.82) is 0 Å². The molecule has 1 aromatic rings. The van der Waals surface area contributed by atoms with E-state index in [1.54, 1.807) is 12.1 Å². The van der Waals surface area contributed by atoms with E-state index in [2.05, 4.69) is 15.9 Å². The predicted molar refractivity (Wildman–Crippen MR) is 62.8 cm³/mol. The van der Waals surface area contributed by atoms with Gasteiger partial charge < -0.3 is 9.47 Å². The van der Waals surface area contributed by atoms with Crippen molar-refractivity contribution in [3.63, 3.8) is 0 Å². The van der Waals surface area contributed by atoms with Crippen molar-refractivity contribution in [3.05, 3.63) is 32.8 Å². The van der Waals surface area contributed by atoms with Gasteiger partial charge in [0.2, 0.25) is 0 Å². The molecule has 16 heavy (non-hydrogen) atoms. The summed E-state index contributed by atoms with van der Waals surface area (Å²) in [6, 6.07) is 4.67. The molecule has 0 unspecified atom stereocenters. The average molecular weight is 290 g/mol. The number of nitro benzene ring substituents is 1. The predicted octanol–water partition coefficient (Wildman–Crippen LogP) is 2.77. The van der Waals surface area contributed by atoms with Crippen LogP contribution in [0.1, 0.15) is 6.92 Å². The van der Waals surface area contributed by atoms with Gasteiger partial charge in [0.15, 0.2) is 5.75 Å². The van der Waals surface area contributed by atoms with E-state index in [0.29, 0.717) is 24.3 Å². The second kappa shape index (κ2) is 6.44. The molecule has 0 amide bonds. The van der Waals surface area contributed by atoms with Gasteiger partial charge in [-0.2, -0.15) is 0 Å². The lowest BCUT2D eigenvalue weighted by atomic mass is 10.3. The first kappa shape index (κ1) is 12.9. The largest absolute Gasteiger partial charge is 0.484 e. The lowest BCUT2D eigenvalue weighted by Crippen LogP contribution is -2.07. The Morgan fingerprint density at radius 2 is 2.19 bits per heavy atom. The van der Waals surface area contributed by atoms with Gasteiger partial charge >= 0.3 is 5.69 Å². The minimum Gasteiger partial charge on any atom is -0.484 e. The van der Waals surface area contributed by atoms with E-state index in [1.165, 1.54) is 6.07 Å². The molecule has 0 saturated heterocycles. The standard InChI is InChI=1S/C10H12BrNO4/c1-2-15-5-6-16-10-4-3-8(11)7-9(10)12(13)14/h3-4,7H,2,5-6H2,1H3. The number of nitro groups is 1. The van der Waals surface area contributed by atoms with Gasteiger partial charge in [-0.05, 0) is 19.1 Å². The molecule has 0 aliphatic rings. The molecule has 0 heterocycles. The monoisotopic (exact) mass is 289 g/mol. The Labute approximate surface area is 102 Å². The van der Waals surface area contributed by atoms with E-state index in [4.69, 9.17) is 9.47 Å². The van der Waals surface area contributed by atoms with E-state index in [-0.39, 0.29) is 11.4 Å². The van der Waals surface area contributed by atoms with Crippen molar-refractivity contribution in [2.75, 3.05) is 19.8 Å². The molecule has 0 aliphatic heterocycles. The zero-order chi connectivity index (χ0) is 12.0. The fraction of sp³-hybridized carbons (Fsp3) is 0.400. The summed E-state index contributed by atoms with van der Waals surface area (Å²) in [5.74, 6) is 0.257. The summed E-state index contributed by atoms with van der Waals surface area (Å²) in [6.45, 7) is 3.20. The van der Waals surface area contributed by atoms with Crippen LogP contribution in [0.15, 0.2) is 22.7 Å². The highest BCUT2D eigenvalue weighted by Gasteiger charge is 2.15. The molecule has 0 atom stereocenters. The Balaban J connectivity index is 2.67. The zero-order valence-electron chi connectivity index (χ0n) is 8.81. The second-order valence-electron chi connectivity index (χ2n) is 2.91. The van der Waals surface area contributed by atoms with Gasteiger partial charge in [0.1, 0.15) is 6.61 Å². The highest BCUT2D eigenvalue weighted by molar-refractivity contribution is 9.10. The van der Waals surface area contributed by atoms with E-state index in [9.17, 15) is 10.1 Å². The minimum atomic E-state index is -0.471. The SMILES string of the molecule is CCOCCOc1ccc(Br)cc1[N+](=O)[O-]. The Kier molecular flexibility index (Phi) is 5.21. The van der Waals surface area contributed by atoms with Crippen molar-refractivity contribution in [2.45, 2.75) is 6.92 Å². The van der Waals surface area contributed by atoms with Gasteiger partial charge in [0, 0.05) is 17.1 Å². The molecular formula is C10H12BrNO4. The number of hydrogen-bond donors (Lipinski definition) is 0. The Bertz CT molecular complexity index is 370. The van der Waals surface area contributed by atoms with Crippen LogP contribution in [0.4, 0.5) is 5.69 Å². The number of ether oxygens (including phenoxy) is 2. The van der Waals surface area contributed by atoms with Gasteiger partial charge in [0.05, 0.1) is 11.5 Å². The number of hydrogen-bond acceptors (Lipinski definition) is 4. The number of halogens is 1. The highest BCUT2D eigenvalue weighted by atomic mass is 79.9. The highest BCUT2D eigenvalue weighted by Crippen LogP contribution is 2.29. The molecule has 0 fully saturated rings. The van der Waals surface area contributed by atoms with E-state index >= 15 is 0 Å². The van der Waals surface area contributed by atoms with Crippen LogP contribution in [0.2, 0.25) is 0 Å². The molecule has 0 aliphatic carbocycles. The van der Waals surface area contributed by atoms with Gasteiger partial charge in [-0.1, -0.05) is 15.9 Å². The molecule has 1 rings (SSSR count). The molecule has 88 valence electrons. The molecular weight excluding hydrogens is 278 g/mol. The molecule has 0 saturated carbocycles. The Hall–Kier alpha value is -1.14. The van der Waals surface area contributed by atoms with E-state index < -0.39 is 4.92 Å². The molecule has 1 aromatic carbocycles. The third-order valence-corrected chi connectivity index (χ3v) is 2.30. The van der Waals surface area contributed by atoms with Crippen molar-refractivity contribution < 1.29 is 14.4 Å². The summed E-state index contributed by atoms with van der Waals surface area (Å²) in [4.78, 5) is 10.3. The van der Waals surface area contributed by atoms with Crippen molar-refractivity contribution in [3.8, 4) is 5.75 Å². The smallest absolute Gasteiger partial charge is 0.312 e. The minimum absolute atomic E-state index is 0.0501. The fourth-order valence-electron chi connectivity index (χ4n) is 1.11. The van der Waals surface area contributed by atoms with Crippen molar-refractivity contribution in [1.82, 2.24) is 0 Å². The second-order valence-corrected chi connectivity index (χ2v) is 3.83. The third-order valence-electron chi connectivity index (χ3n) is 1.81. The molecule has 0 bridgehead atoms. The Morgan fingerprint density at radius 1 is 1.44 bits per heavy atom. The number of nitrogens with zero attached hydrogens (tertiary/aromatic N) is 1. The number of benzene rings is 1. The van der Waals surface area contributed by atoms with Gasteiger partial charge in [-0.3, -0.25) is 10.1 Å². The van der Waals surface area contributed by atoms with Crippen LogP contribution < -0.4 is 4.74 Å². The maximum Gasteiger partial charge on any atom is 0.312 e. The summed E-state index contributed by atoms with van der Waals surface area (Å²) >= 11 is 3.17. The summed E-state index contributed by atoms with van der Waals surface area (Å²) < 4.78 is 11.0. The first-order valence-electron chi connectivity index (χ1n) is 4.79. The average Bonchev–Trinajstić information content (AvgIpc) is 2.26. The topological polar surface area (TPSA) is 61.6 Å². The molecule has 0 spiro atoms. The van der Waals surface area contributed by atoms with Crippen molar-refractivity contribution >= 4 is 21.6 Å². The maximum absolute atomic E-state index is 10.7. The lowest BCUT2D eigenvalue weighted by Gasteiger charge is -2.06.